The lowest BCUT2D eigenvalue weighted by atomic mass is 10.00. The van der Waals surface area contributed by atoms with Gasteiger partial charge in [-0.3, -0.25) is 4.79 Å². The lowest BCUT2D eigenvalue weighted by Gasteiger charge is -2.37. The molecule has 31 heavy (non-hydrogen) atoms. The number of nitrogens with zero attached hydrogens (tertiary/aromatic N) is 3. The molecule has 2 fully saturated rings. The minimum Gasteiger partial charge on any atom is -0.366 e. The molecular weight excluding hydrogens is 411 g/mol. The summed E-state index contributed by atoms with van der Waals surface area (Å²) in [5, 5.41) is 3.45. The Kier molecular flexibility index (Phi) is 7.14. The second-order valence-electron chi connectivity index (χ2n) is 8.79. The fraction of sp³-hybridized carbons (Fsp3) is 0.500. The number of hydrogen-bond acceptors (Lipinski definition) is 5. The Morgan fingerprint density at radius 2 is 1.84 bits per heavy atom. The van der Waals surface area contributed by atoms with Crippen molar-refractivity contribution in [1.82, 2.24) is 10.2 Å². The Morgan fingerprint density at radius 1 is 1.19 bits per heavy atom. The van der Waals surface area contributed by atoms with E-state index in [9.17, 15) is 9.18 Å². The number of allylic oxidation sites excluding steroid dienone is 1. The van der Waals surface area contributed by atoms with E-state index in [0.29, 0.717) is 43.3 Å². The van der Waals surface area contributed by atoms with E-state index >= 15 is 0 Å². The number of carbonyl (C=O) groups excluding carboxylic acids is 1. The summed E-state index contributed by atoms with van der Waals surface area (Å²) in [7, 11) is 0. The second kappa shape index (κ2) is 9.47. The second-order valence-corrected chi connectivity index (χ2v) is 9.67. The summed E-state index contributed by atoms with van der Waals surface area (Å²) >= 11 is 1.52. The number of nitrogens with one attached hydrogen (secondary N) is 1. The van der Waals surface area contributed by atoms with E-state index in [-0.39, 0.29) is 17.3 Å². The van der Waals surface area contributed by atoms with Crippen molar-refractivity contribution in [3.05, 3.63) is 46.6 Å². The monoisotopic (exact) mass is 444 g/mol. The fourth-order valence-electron chi connectivity index (χ4n) is 3.90. The highest BCUT2D eigenvalue weighted by atomic mass is 32.2. The van der Waals surface area contributed by atoms with Gasteiger partial charge in [0.2, 0.25) is 0 Å². The molecule has 168 valence electrons. The zero-order valence-corrected chi connectivity index (χ0v) is 20.0. The molecule has 1 amide bonds. The van der Waals surface area contributed by atoms with Crippen LogP contribution in [0.4, 0.5) is 10.1 Å². The minimum absolute atomic E-state index is 0.000692. The molecule has 0 unspecified atom stereocenters. The number of anilines is 1. The van der Waals surface area contributed by atoms with E-state index in [1.165, 1.54) is 11.8 Å². The van der Waals surface area contributed by atoms with Gasteiger partial charge in [-0.1, -0.05) is 5.57 Å². The van der Waals surface area contributed by atoms with Crippen molar-refractivity contribution in [2.45, 2.75) is 51.0 Å². The van der Waals surface area contributed by atoms with Crippen LogP contribution in [0.1, 0.15) is 40.5 Å². The number of aliphatic imine (C=N–C) groups is 1. The van der Waals surface area contributed by atoms with E-state index in [0.717, 1.165) is 28.9 Å². The van der Waals surface area contributed by atoms with Crippen molar-refractivity contribution >= 4 is 30.1 Å². The number of amides is 1. The molecule has 7 heteroatoms. The molecule has 1 aromatic carbocycles. The first-order valence-electron chi connectivity index (χ1n) is 10.7. The molecule has 1 aliphatic carbocycles. The van der Waals surface area contributed by atoms with Crippen molar-refractivity contribution in [2.24, 2.45) is 4.99 Å². The third-order valence-electron chi connectivity index (χ3n) is 6.08. The van der Waals surface area contributed by atoms with Gasteiger partial charge in [0.1, 0.15) is 11.6 Å². The average molecular weight is 445 g/mol. The van der Waals surface area contributed by atoms with Gasteiger partial charge in [0.15, 0.2) is 0 Å². The highest BCUT2D eigenvalue weighted by Crippen LogP contribution is 2.36. The maximum atomic E-state index is 14.5. The van der Waals surface area contributed by atoms with Gasteiger partial charge in [-0.05, 0) is 71.7 Å². The maximum Gasteiger partial charge on any atom is 0.254 e. The number of thioether (sulfide) groups is 1. The Labute approximate surface area is 189 Å². The molecule has 0 bridgehead atoms. The molecular formula is C24H33FN4OS. The van der Waals surface area contributed by atoms with Gasteiger partial charge in [0.05, 0.1) is 5.69 Å². The third-order valence-corrected chi connectivity index (χ3v) is 6.81. The van der Waals surface area contributed by atoms with E-state index in [2.05, 4.69) is 24.0 Å². The van der Waals surface area contributed by atoms with Gasteiger partial charge in [0, 0.05) is 47.8 Å². The number of rotatable bonds is 7. The summed E-state index contributed by atoms with van der Waals surface area (Å²) in [6, 6.07) is 5.34. The molecule has 5 nitrogen and oxygen atoms in total. The minimum atomic E-state index is -0.211. The fourth-order valence-corrected chi connectivity index (χ4v) is 4.32. The number of halogens is 1. The van der Waals surface area contributed by atoms with Gasteiger partial charge in [-0.2, -0.15) is 0 Å². The number of hydrogen-bond donors (Lipinski definition) is 1. The van der Waals surface area contributed by atoms with E-state index in [4.69, 9.17) is 0 Å². The molecule has 0 spiro atoms. The first-order chi connectivity index (χ1) is 14.7. The highest BCUT2D eigenvalue weighted by Gasteiger charge is 2.38. The Balaban J connectivity index is 1.73. The average Bonchev–Trinajstić information content (AvgIpc) is 3.48. The van der Waals surface area contributed by atoms with Crippen LogP contribution in [0.5, 0.6) is 0 Å². The highest BCUT2D eigenvalue weighted by molar-refractivity contribution is 7.98. The molecule has 1 aliphatic heterocycles. The van der Waals surface area contributed by atoms with Crippen molar-refractivity contribution in [3.63, 3.8) is 0 Å². The normalized spacial score (nSPS) is 18.3. The van der Waals surface area contributed by atoms with E-state index in [1.54, 1.807) is 6.07 Å². The van der Waals surface area contributed by atoms with Crippen LogP contribution in [0, 0.1) is 5.82 Å². The molecule has 1 N–H and O–H groups in total. The SMILES string of the molecule is C=N/C(NC1(C)CC1)=C(\C)C(C(=O)N1CCN(c2ccc(SC)cc2F)CC1)=C(C)C. The standard InChI is InChI=1S/C24H33FN4OS/c1-16(2)21(17(3)22(26-5)27-24(4)9-10-24)23(30)29-13-11-28(12-14-29)20-8-7-18(31-6)15-19(20)25/h7-8,15,27H,5,9-14H2,1-4,6H3/b22-17-. The maximum absolute atomic E-state index is 14.5. The predicted octanol–water partition coefficient (Wildman–Crippen LogP) is 4.61. The lowest BCUT2D eigenvalue weighted by Crippen LogP contribution is -2.49. The van der Waals surface area contributed by atoms with E-state index < -0.39 is 0 Å². The summed E-state index contributed by atoms with van der Waals surface area (Å²) in [5.41, 5.74) is 3.11. The molecule has 1 saturated carbocycles. The van der Waals surface area contributed by atoms with Crippen LogP contribution in [0.3, 0.4) is 0 Å². The molecule has 0 aromatic heterocycles. The zero-order valence-electron chi connectivity index (χ0n) is 19.2. The van der Waals surface area contributed by atoms with Gasteiger partial charge in [-0.15, -0.1) is 11.8 Å². The smallest absolute Gasteiger partial charge is 0.254 e. The molecule has 1 aromatic rings. The summed E-state index contributed by atoms with van der Waals surface area (Å²) in [4.78, 5) is 22.4. The first-order valence-corrected chi connectivity index (χ1v) is 11.9. The van der Waals surface area contributed by atoms with Crippen LogP contribution >= 0.6 is 11.8 Å². The molecule has 1 saturated heterocycles. The Bertz CT molecular complexity index is 924. The largest absolute Gasteiger partial charge is 0.366 e. The quantitative estimate of drug-likeness (QED) is 0.289. The van der Waals surface area contributed by atoms with Gasteiger partial charge >= 0.3 is 0 Å². The van der Waals surface area contributed by atoms with Crippen LogP contribution in [-0.2, 0) is 4.79 Å². The topological polar surface area (TPSA) is 47.9 Å². The number of benzene rings is 1. The van der Waals surface area contributed by atoms with Crippen LogP contribution in [-0.4, -0.2) is 55.5 Å². The summed E-state index contributed by atoms with van der Waals surface area (Å²) < 4.78 is 14.5. The Morgan fingerprint density at radius 3 is 2.32 bits per heavy atom. The number of piperazine rings is 1. The van der Waals surface area contributed by atoms with Crippen LogP contribution in [0.15, 0.2) is 50.6 Å². The number of carbonyl (C=O) groups is 1. The van der Waals surface area contributed by atoms with Gasteiger partial charge < -0.3 is 15.1 Å². The predicted molar refractivity (Wildman–Crippen MR) is 128 cm³/mol. The first kappa shape index (κ1) is 23.4. The van der Waals surface area contributed by atoms with Crippen molar-refractivity contribution in [1.29, 1.82) is 0 Å². The molecule has 1 heterocycles. The summed E-state index contributed by atoms with van der Waals surface area (Å²) in [6.07, 6.45) is 4.12. The summed E-state index contributed by atoms with van der Waals surface area (Å²) in [6.45, 7) is 14.0. The molecule has 3 rings (SSSR count). The molecule has 0 radical (unpaired) electrons. The molecule has 0 atom stereocenters. The van der Waals surface area contributed by atoms with Crippen LogP contribution in [0.2, 0.25) is 0 Å². The van der Waals surface area contributed by atoms with Crippen molar-refractivity contribution < 1.29 is 9.18 Å². The lowest BCUT2D eigenvalue weighted by molar-refractivity contribution is -0.127. The Hall–Kier alpha value is -2.28. The van der Waals surface area contributed by atoms with Gasteiger partial charge in [-0.25, -0.2) is 9.38 Å². The zero-order chi connectivity index (χ0) is 22.8. The van der Waals surface area contributed by atoms with E-state index in [1.807, 2.05) is 49.0 Å². The van der Waals surface area contributed by atoms with Crippen molar-refractivity contribution in [2.75, 3.05) is 37.3 Å². The van der Waals surface area contributed by atoms with Crippen LogP contribution in [0.25, 0.3) is 0 Å². The summed E-state index contributed by atoms with van der Waals surface area (Å²) in [5.74, 6) is 0.468. The third kappa shape index (κ3) is 5.32. The van der Waals surface area contributed by atoms with Crippen LogP contribution < -0.4 is 10.2 Å². The van der Waals surface area contributed by atoms with Crippen molar-refractivity contribution in [3.8, 4) is 0 Å². The van der Waals surface area contributed by atoms with Gasteiger partial charge in [0.25, 0.3) is 5.91 Å². The molecule has 2 aliphatic rings.